The van der Waals surface area contributed by atoms with Gasteiger partial charge in [-0.15, -0.1) is 0 Å². The lowest BCUT2D eigenvalue weighted by Crippen LogP contribution is -2.20. The average Bonchev–Trinajstić information content (AvgIpc) is 2.87. The van der Waals surface area contributed by atoms with Gasteiger partial charge in [-0.2, -0.15) is 0 Å². The Morgan fingerprint density at radius 2 is 0.606 bits per heavy atom. The molecule has 0 aliphatic carbocycles. The Morgan fingerprint density at radius 1 is 0.424 bits per heavy atom. The maximum atomic E-state index is 9.83. The topological polar surface area (TPSA) is 109 Å². The average molecular weight is 463 g/mol. The fourth-order valence-electron chi connectivity index (χ4n) is 2.60. The fraction of sp³-hybridized carbons (Fsp3) is 0. The molecule has 4 rings (SSSR count). The van der Waals surface area contributed by atoms with Gasteiger partial charge in [0, 0.05) is 0 Å². The Bertz CT molecular complexity index is 1070. The van der Waals surface area contributed by atoms with Gasteiger partial charge >= 0.3 is 20.4 Å². The lowest BCUT2D eigenvalue weighted by atomic mass is 10.1. The van der Waals surface area contributed by atoms with Crippen molar-refractivity contribution in [3.63, 3.8) is 0 Å². The molecule has 0 spiro atoms. The molecule has 0 amide bonds. The molecule has 0 bridgehead atoms. The molecule has 0 aromatic heterocycles. The van der Waals surface area contributed by atoms with Crippen LogP contribution in [-0.2, 0) is 9.84 Å². The largest absolute Gasteiger partial charge is 0.469 e. The van der Waals surface area contributed by atoms with Crippen LogP contribution in [0.1, 0.15) is 0 Å². The Labute approximate surface area is 192 Å². The first-order valence-electron chi connectivity index (χ1n) is 9.74. The smallest absolute Gasteiger partial charge is 0.433 e. The molecule has 4 aromatic carbocycles. The summed E-state index contributed by atoms with van der Waals surface area (Å²) in [4.78, 5) is 19.0. The Morgan fingerprint density at radius 3 is 0.727 bits per heavy atom. The van der Waals surface area contributed by atoms with Gasteiger partial charge in [0.2, 0.25) is 0 Å². The number of carbonyl (C=O) groups is 2. The summed E-state index contributed by atoms with van der Waals surface area (Å²) in [5.74, 6) is 0. The summed E-state index contributed by atoms with van der Waals surface area (Å²) < 4.78 is 19.7. The Balaban J connectivity index is 0.000000178. The summed E-state index contributed by atoms with van der Waals surface area (Å²) >= 11 is 0. The van der Waals surface area contributed by atoms with Crippen LogP contribution in [0.25, 0.3) is 22.3 Å². The van der Waals surface area contributed by atoms with Gasteiger partial charge in [0.15, 0.2) is 0 Å². The number of hydrogen-bond acceptors (Lipinski definition) is 4. The minimum Gasteiger partial charge on any atom is -0.469 e. The van der Waals surface area contributed by atoms with Crippen LogP contribution >= 0.6 is 0 Å². The van der Waals surface area contributed by atoms with Crippen molar-refractivity contribution >= 4 is 20.4 Å². The number of hydrogen-bond donors (Lipinski definition) is 2. The van der Waals surface area contributed by atoms with Crippen molar-refractivity contribution < 1.29 is 28.2 Å². The highest BCUT2D eigenvalue weighted by Gasteiger charge is 2.30. The predicted molar refractivity (Wildman–Crippen MR) is 129 cm³/mol. The van der Waals surface area contributed by atoms with Crippen molar-refractivity contribution in [1.29, 1.82) is 0 Å². The maximum Gasteiger partial charge on any atom is 0.433 e. The number of carboxylic acid groups (broad SMARTS) is 2. The van der Waals surface area contributed by atoms with E-state index in [0.717, 1.165) is 0 Å². The molecule has 0 saturated heterocycles. The highest BCUT2D eigenvalue weighted by atomic mass is 32.2. The highest BCUT2D eigenvalue weighted by molar-refractivity contribution is 8.18. The number of benzene rings is 4. The van der Waals surface area contributed by atoms with E-state index in [4.69, 9.17) is 10.2 Å². The molecule has 0 aliphatic heterocycles. The van der Waals surface area contributed by atoms with Crippen molar-refractivity contribution in [2.45, 2.75) is 0 Å². The minimum atomic E-state index is -4.98. The minimum absolute atomic E-state index is 1.28. The molecule has 0 fully saturated rings. The third-order valence-electron chi connectivity index (χ3n) is 4.22. The molecule has 0 saturated carbocycles. The zero-order chi connectivity index (χ0) is 24.1. The van der Waals surface area contributed by atoms with E-state index in [1.165, 1.54) is 22.3 Å². The van der Waals surface area contributed by atoms with Crippen molar-refractivity contribution in [2.24, 2.45) is 0 Å². The van der Waals surface area contributed by atoms with Crippen LogP contribution in [0.3, 0.4) is 0 Å². The lowest BCUT2D eigenvalue weighted by Gasteiger charge is -1.98. The first-order chi connectivity index (χ1) is 15.8. The third kappa shape index (κ3) is 8.08. The molecule has 0 radical (unpaired) electrons. The molecule has 0 heterocycles. The van der Waals surface area contributed by atoms with Crippen molar-refractivity contribution in [3.05, 3.63) is 121 Å². The van der Waals surface area contributed by atoms with Crippen LogP contribution in [0, 0.1) is 0 Å². The molecular formula is C26H22O6S. The second kappa shape index (κ2) is 12.6. The van der Waals surface area contributed by atoms with Gasteiger partial charge in [-0.25, -0.2) is 18.0 Å². The van der Waals surface area contributed by atoms with Gasteiger partial charge in [0.25, 0.3) is 0 Å². The molecular weight excluding hydrogens is 440 g/mol. The van der Waals surface area contributed by atoms with E-state index in [0.29, 0.717) is 0 Å². The summed E-state index contributed by atoms with van der Waals surface area (Å²) in [6.45, 7) is 0. The van der Waals surface area contributed by atoms with Crippen LogP contribution in [-0.4, -0.2) is 29.2 Å². The maximum absolute atomic E-state index is 9.83. The fourth-order valence-corrected chi connectivity index (χ4v) is 2.75. The first kappa shape index (κ1) is 25.0. The molecule has 0 aliphatic rings. The van der Waals surface area contributed by atoms with Gasteiger partial charge in [-0.1, -0.05) is 121 Å². The predicted octanol–water partition coefficient (Wildman–Crippen LogP) is 6.46. The summed E-state index contributed by atoms with van der Waals surface area (Å²) in [5.41, 5.74) is 5.10. The monoisotopic (exact) mass is 462 g/mol. The van der Waals surface area contributed by atoms with Crippen LogP contribution in [0.15, 0.2) is 121 Å². The van der Waals surface area contributed by atoms with Crippen molar-refractivity contribution in [1.82, 2.24) is 0 Å². The number of rotatable bonds is 2. The second-order valence-corrected chi connectivity index (χ2v) is 8.20. The van der Waals surface area contributed by atoms with Crippen molar-refractivity contribution in [3.8, 4) is 22.3 Å². The van der Waals surface area contributed by atoms with Gasteiger partial charge in [0.1, 0.15) is 0 Å². The second-order valence-electron chi connectivity index (χ2n) is 6.50. The quantitative estimate of drug-likeness (QED) is 0.354. The normalized spacial score (nSPS) is 9.94. The van der Waals surface area contributed by atoms with E-state index < -0.39 is 20.4 Å². The van der Waals surface area contributed by atoms with E-state index in [-0.39, 0.29) is 0 Å². The van der Waals surface area contributed by atoms with E-state index in [2.05, 4.69) is 97.1 Å². The van der Waals surface area contributed by atoms with Crippen molar-refractivity contribution in [2.75, 3.05) is 0 Å². The molecule has 4 aromatic rings. The van der Waals surface area contributed by atoms with E-state index >= 15 is 0 Å². The van der Waals surface area contributed by atoms with Gasteiger partial charge in [-0.05, 0) is 22.3 Å². The molecule has 168 valence electrons. The van der Waals surface area contributed by atoms with E-state index in [1.54, 1.807) is 0 Å². The zero-order valence-corrected chi connectivity index (χ0v) is 18.3. The van der Waals surface area contributed by atoms with Crippen LogP contribution in [0.2, 0.25) is 0 Å². The molecule has 0 unspecified atom stereocenters. The zero-order valence-electron chi connectivity index (χ0n) is 17.5. The summed E-state index contributed by atoms with van der Waals surface area (Å²) in [7, 11) is -4.98. The summed E-state index contributed by atoms with van der Waals surface area (Å²) in [6.07, 6.45) is 0. The molecule has 6 nitrogen and oxygen atoms in total. The van der Waals surface area contributed by atoms with Crippen LogP contribution < -0.4 is 0 Å². The van der Waals surface area contributed by atoms with Gasteiger partial charge in [-0.3, -0.25) is 0 Å². The van der Waals surface area contributed by atoms with Gasteiger partial charge < -0.3 is 10.2 Å². The summed E-state index contributed by atoms with van der Waals surface area (Å²) in [6, 6.07) is 41.6. The lowest BCUT2D eigenvalue weighted by molar-refractivity contribution is 0.212. The Hall–Kier alpha value is -4.23. The van der Waals surface area contributed by atoms with E-state index in [1.807, 2.05) is 24.3 Å². The molecule has 7 heteroatoms. The molecule has 33 heavy (non-hydrogen) atoms. The standard InChI is InChI=1S/2C12H10.C2H2O6S/c2*1-3-7-11(8-4-1)12-9-5-2-6-10-12;3-1(4)9(7,8)2(5)6/h2*1-10H;(H,3,4)(H,5,6). The summed E-state index contributed by atoms with van der Waals surface area (Å²) in [5, 5.41) is 10.6. The number of sulfone groups is 1. The molecule has 2 N–H and O–H groups in total. The molecule has 0 atom stereocenters. The Kier molecular flexibility index (Phi) is 9.55. The van der Waals surface area contributed by atoms with Crippen LogP contribution in [0.4, 0.5) is 9.59 Å². The highest BCUT2D eigenvalue weighted by Crippen LogP contribution is 2.18. The van der Waals surface area contributed by atoms with E-state index in [9.17, 15) is 18.0 Å². The first-order valence-corrected chi connectivity index (χ1v) is 11.2. The third-order valence-corrected chi connectivity index (χ3v) is 5.14. The van der Waals surface area contributed by atoms with Crippen LogP contribution in [0.5, 0.6) is 0 Å². The SMILES string of the molecule is O=C(O)S(=O)(=O)C(=O)O.c1ccc(-c2ccccc2)cc1.c1ccc(-c2ccccc2)cc1. The van der Waals surface area contributed by atoms with Gasteiger partial charge in [0.05, 0.1) is 0 Å².